The second kappa shape index (κ2) is 11.8. The van der Waals surface area contributed by atoms with Crippen LogP contribution in [0.3, 0.4) is 0 Å². The van der Waals surface area contributed by atoms with Crippen molar-refractivity contribution in [2.45, 2.75) is 45.7 Å². The maximum atomic E-state index is 13.0. The summed E-state index contributed by atoms with van der Waals surface area (Å²) in [6.07, 6.45) is 1.31. The van der Waals surface area contributed by atoms with Gasteiger partial charge in [0, 0.05) is 30.1 Å². The topological polar surface area (TPSA) is 58.6 Å². The average Bonchev–Trinajstić information content (AvgIpc) is 2.73. The zero-order chi connectivity index (χ0) is 22.1. The number of benzene rings is 2. The number of aryl methyl sites for hydroxylation is 1. The van der Waals surface area contributed by atoms with E-state index in [0.29, 0.717) is 29.5 Å². The van der Waals surface area contributed by atoms with Crippen LogP contribution in [0.4, 0.5) is 0 Å². The molecule has 0 aliphatic carbocycles. The fourth-order valence-electron chi connectivity index (χ4n) is 3.11. The fraction of sp³-hybridized carbons (Fsp3) is 0.391. The maximum Gasteiger partial charge on any atom is 0.242 e. The van der Waals surface area contributed by atoms with Gasteiger partial charge in [-0.15, -0.1) is 0 Å². The van der Waals surface area contributed by atoms with Gasteiger partial charge < -0.3 is 15.0 Å². The predicted octanol–water partition coefficient (Wildman–Crippen LogP) is 5.01. The van der Waals surface area contributed by atoms with Crippen LogP contribution in [0.25, 0.3) is 0 Å². The standard InChI is InChI=1S/C23H28Cl2N2O3/c1-4-21(23(29)26-3)27(15-17-9-10-18(24)14-20(17)25)22(28)6-5-13-30-19-11-7-16(2)8-12-19/h7-12,14,21H,4-6,13,15H2,1-3H3,(H,26,29)/t21-/m0/s1. The number of amides is 2. The molecule has 0 bridgehead atoms. The quantitative estimate of drug-likeness (QED) is 0.517. The molecule has 0 aliphatic heterocycles. The second-order valence-corrected chi connectivity index (χ2v) is 7.90. The molecule has 0 saturated carbocycles. The number of ether oxygens (including phenoxy) is 1. The lowest BCUT2D eigenvalue weighted by Crippen LogP contribution is -2.48. The molecule has 0 saturated heterocycles. The van der Waals surface area contributed by atoms with Crippen molar-refractivity contribution in [2.24, 2.45) is 0 Å². The van der Waals surface area contributed by atoms with Crippen LogP contribution in [-0.2, 0) is 16.1 Å². The molecule has 7 heteroatoms. The van der Waals surface area contributed by atoms with E-state index in [-0.39, 0.29) is 24.8 Å². The van der Waals surface area contributed by atoms with Crippen molar-refractivity contribution in [3.63, 3.8) is 0 Å². The number of carbonyl (C=O) groups is 2. The number of carbonyl (C=O) groups excluding carboxylic acids is 2. The Kier molecular flexibility index (Phi) is 9.47. The first-order valence-corrected chi connectivity index (χ1v) is 10.8. The molecule has 1 N–H and O–H groups in total. The molecule has 5 nitrogen and oxygen atoms in total. The van der Waals surface area contributed by atoms with E-state index in [1.807, 2.05) is 38.1 Å². The molecule has 0 aliphatic rings. The lowest BCUT2D eigenvalue weighted by atomic mass is 10.1. The van der Waals surface area contributed by atoms with Crippen molar-refractivity contribution >= 4 is 35.0 Å². The summed E-state index contributed by atoms with van der Waals surface area (Å²) in [6.45, 7) is 4.55. The van der Waals surface area contributed by atoms with Crippen molar-refractivity contribution in [2.75, 3.05) is 13.7 Å². The minimum absolute atomic E-state index is 0.121. The Morgan fingerprint density at radius 2 is 1.83 bits per heavy atom. The largest absolute Gasteiger partial charge is 0.494 e. The Labute approximate surface area is 188 Å². The first kappa shape index (κ1) is 24.0. The van der Waals surface area contributed by atoms with Crippen LogP contribution in [0.2, 0.25) is 10.0 Å². The van der Waals surface area contributed by atoms with Gasteiger partial charge in [0.1, 0.15) is 11.8 Å². The number of likely N-dealkylation sites (N-methyl/N-ethyl adjacent to an activating group) is 1. The maximum absolute atomic E-state index is 13.0. The molecule has 162 valence electrons. The van der Waals surface area contributed by atoms with Gasteiger partial charge in [-0.25, -0.2) is 0 Å². The summed E-state index contributed by atoms with van der Waals surface area (Å²) in [5, 5.41) is 3.63. The van der Waals surface area contributed by atoms with Crippen molar-refractivity contribution in [1.29, 1.82) is 0 Å². The van der Waals surface area contributed by atoms with Crippen molar-refractivity contribution in [3.8, 4) is 5.75 Å². The van der Waals surface area contributed by atoms with E-state index >= 15 is 0 Å². The zero-order valence-corrected chi connectivity index (χ0v) is 19.1. The van der Waals surface area contributed by atoms with Gasteiger partial charge in [-0.3, -0.25) is 9.59 Å². The fourth-order valence-corrected chi connectivity index (χ4v) is 3.58. The highest BCUT2D eigenvalue weighted by atomic mass is 35.5. The molecule has 1 atom stereocenters. The molecule has 0 unspecified atom stereocenters. The molecule has 0 radical (unpaired) electrons. The van der Waals surface area contributed by atoms with E-state index < -0.39 is 6.04 Å². The van der Waals surface area contributed by atoms with E-state index in [4.69, 9.17) is 27.9 Å². The summed E-state index contributed by atoms with van der Waals surface area (Å²) in [6, 6.07) is 12.3. The summed E-state index contributed by atoms with van der Waals surface area (Å²) < 4.78 is 5.71. The third kappa shape index (κ3) is 6.92. The Morgan fingerprint density at radius 1 is 1.13 bits per heavy atom. The van der Waals surface area contributed by atoms with Gasteiger partial charge >= 0.3 is 0 Å². The van der Waals surface area contributed by atoms with E-state index in [1.54, 1.807) is 30.1 Å². The van der Waals surface area contributed by atoms with Crippen molar-refractivity contribution < 1.29 is 14.3 Å². The predicted molar refractivity (Wildman–Crippen MR) is 121 cm³/mol. The van der Waals surface area contributed by atoms with Crippen molar-refractivity contribution in [3.05, 3.63) is 63.6 Å². The number of hydrogen-bond acceptors (Lipinski definition) is 3. The van der Waals surface area contributed by atoms with Gasteiger partial charge in [-0.2, -0.15) is 0 Å². The van der Waals surface area contributed by atoms with Gasteiger partial charge in [0.25, 0.3) is 0 Å². The number of halogens is 2. The highest BCUT2D eigenvalue weighted by Crippen LogP contribution is 2.24. The third-order valence-corrected chi connectivity index (χ3v) is 5.40. The normalized spacial score (nSPS) is 11.6. The monoisotopic (exact) mass is 450 g/mol. The summed E-state index contributed by atoms with van der Waals surface area (Å²) in [5.41, 5.74) is 1.90. The van der Waals surface area contributed by atoms with Gasteiger partial charge in [0.2, 0.25) is 11.8 Å². The molecule has 2 amide bonds. The summed E-state index contributed by atoms with van der Waals surface area (Å²) in [5.74, 6) is 0.450. The van der Waals surface area contributed by atoms with E-state index in [9.17, 15) is 9.59 Å². The highest BCUT2D eigenvalue weighted by molar-refractivity contribution is 6.35. The number of hydrogen-bond donors (Lipinski definition) is 1. The molecule has 2 rings (SSSR count). The van der Waals surface area contributed by atoms with Gasteiger partial charge in [0.15, 0.2) is 0 Å². The summed E-state index contributed by atoms with van der Waals surface area (Å²) in [4.78, 5) is 27.0. The molecular weight excluding hydrogens is 423 g/mol. The lowest BCUT2D eigenvalue weighted by molar-refractivity contribution is -0.141. The molecule has 2 aromatic carbocycles. The number of rotatable bonds is 10. The Balaban J connectivity index is 2.05. The van der Waals surface area contributed by atoms with Crippen LogP contribution >= 0.6 is 23.2 Å². The summed E-state index contributed by atoms with van der Waals surface area (Å²) in [7, 11) is 1.57. The minimum Gasteiger partial charge on any atom is -0.494 e. The molecular formula is C23H28Cl2N2O3. The summed E-state index contributed by atoms with van der Waals surface area (Å²) >= 11 is 12.3. The molecule has 0 aromatic heterocycles. The van der Waals surface area contributed by atoms with Crippen LogP contribution in [0.15, 0.2) is 42.5 Å². The molecule has 0 heterocycles. The van der Waals surface area contributed by atoms with Crippen molar-refractivity contribution in [1.82, 2.24) is 10.2 Å². The van der Waals surface area contributed by atoms with Crippen LogP contribution in [0, 0.1) is 6.92 Å². The molecule has 30 heavy (non-hydrogen) atoms. The first-order chi connectivity index (χ1) is 14.3. The average molecular weight is 451 g/mol. The van der Waals surface area contributed by atoms with Gasteiger partial charge in [-0.05, 0) is 49.6 Å². The van der Waals surface area contributed by atoms with E-state index in [2.05, 4.69) is 5.32 Å². The Bertz CT molecular complexity index is 856. The Hall–Kier alpha value is -2.24. The van der Waals surface area contributed by atoms with Gasteiger partial charge in [0.05, 0.1) is 6.61 Å². The zero-order valence-electron chi connectivity index (χ0n) is 17.6. The number of nitrogens with one attached hydrogen (secondary N) is 1. The van der Waals surface area contributed by atoms with E-state index in [0.717, 1.165) is 16.9 Å². The smallest absolute Gasteiger partial charge is 0.242 e. The first-order valence-electron chi connectivity index (χ1n) is 10.00. The highest BCUT2D eigenvalue weighted by Gasteiger charge is 2.28. The second-order valence-electron chi connectivity index (χ2n) is 7.06. The third-order valence-electron chi connectivity index (χ3n) is 4.81. The molecule has 2 aromatic rings. The molecule has 0 fully saturated rings. The van der Waals surface area contributed by atoms with Crippen LogP contribution in [0.1, 0.15) is 37.3 Å². The van der Waals surface area contributed by atoms with Gasteiger partial charge in [-0.1, -0.05) is 53.9 Å². The van der Waals surface area contributed by atoms with Crippen LogP contribution < -0.4 is 10.1 Å². The Morgan fingerprint density at radius 3 is 2.43 bits per heavy atom. The van der Waals surface area contributed by atoms with Crippen LogP contribution in [0.5, 0.6) is 5.75 Å². The minimum atomic E-state index is -0.577. The number of nitrogens with zero attached hydrogens (tertiary/aromatic N) is 1. The lowest BCUT2D eigenvalue weighted by Gasteiger charge is -2.30. The molecule has 0 spiro atoms. The van der Waals surface area contributed by atoms with Crippen LogP contribution in [-0.4, -0.2) is 36.4 Å². The SMILES string of the molecule is CC[C@@H](C(=O)NC)N(Cc1ccc(Cl)cc1Cl)C(=O)CCCOc1ccc(C)cc1. The van der Waals surface area contributed by atoms with E-state index in [1.165, 1.54) is 0 Å².